The molecule has 0 spiro atoms. The number of carbonyl (C=O) groups is 1. The molecule has 0 heterocycles. The van der Waals surface area contributed by atoms with Gasteiger partial charge in [0.2, 0.25) is 0 Å². The lowest BCUT2D eigenvalue weighted by atomic mass is 9.72. The summed E-state index contributed by atoms with van der Waals surface area (Å²) >= 11 is 0. The van der Waals surface area contributed by atoms with Crippen LogP contribution in [0.2, 0.25) is 0 Å². The standard InChI is InChI=1S/C13H17NO2/c1-10-8-9-13(10,2)16-12(15)14-11-6-4-3-5-7-11/h3-7,10H,8-9H2,1-2H3,(H,14,15). The summed E-state index contributed by atoms with van der Waals surface area (Å²) in [5.41, 5.74) is 0.488. The van der Waals surface area contributed by atoms with E-state index in [1.165, 1.54) is 0 Å². The number of ether oxygens (including phenoxy) is 1. The third-order valence-electron chi connectivity index (χ3n) is 3.46. The van der Waals surface area contributed by atoms with E-state index in [-0.39, 0.29) is 11.7 Å². The molecule has 0 bridgehead atoms. The average molecular weight is 219 g/mol. The molecule has 0 aliphatic heterocycles. The maximum absolute atomic E-state index is 11.6. The number of nitrogens with one attached hydrogen (secondary N) is 1. The van der Waals surface area contributed by atoms with E-state index >= 15 is 0 Å². The molecule has 2 rings (SSSR count). The van der Waals surface area contributed by atoms with Gasteiger partial charge in [-0.3, -0.25) is 5.32 Å². The van der Waals surface area contributed by atoms with Crippen LogP contribution in [0.5, 0.6) is 0 Å². The van der Waals surface area contributed by atoms with E-state index in [1.54, 1.807) is 0 Å². The predicted molar refractivity (Wildman–Crippen MR) is 63.3 cm³/mol. The highest BCUT2D eigenvalue weighted by Gasteiger charge is 2.43. The number of rotatable bonds is 2. The van der Waals surface area contributed by atoms with Gasteiger partial charge in [0.05, 0.1) is 0 Å². The molecule has 1 fully saturated rings. The molecule has 1 aromatic rings. The van der Waals surface area contributed by atoms with Gasteiger partial charge >= 0.3 is 6.09 Å². The molecule has 1 aliphatic carbocycles. The maximum Gasteiger partial charge on any atom is 0.412 e. The first kappa shape index (κ1) is 11.0. The number of amides is 1. The summed E-state index contributed by atoms with van der Waals surface area (Å²) in [6.45, 7) is 4.10. The van der Waals surface area contributed by atoms with Gasteiger partial charge in [0, 0.05) is 5.69 Å². The van der Waals surface area contributed by atoms with E-state index in [9.17, 15) is 4.79 Å². The highest BCUT2D eigenvalue weighted by Crippen LogP contribution is 2.41. The van der Waals surface area contributed by atoms with Crippen molar-refractivity contribution in [2.24, 2.45) is 5.92 Å². The summed E-state index contributed by atoms with van der Waals surface area (Å²) in [6.07, 6.45) is 1.73. The molecule has 1 saturated carbocycles. The number of carbonyl (C=O) groups excluding carboxylic acids is 1. The second-order valence-corrected chi connectivity index (χ2v) is 4.63. The number of hydrogen-bond donors (Lipinski definition) is 1. The van der Waals surface area contributed by atoms with Gasteiger partial charge in [-0.05, 0) is 37.8 Å². The molecule has 3 heteroatoms. The van der Waals surface area contributed by atoms with Crippen LogP contribution in [0.25, 0.3) is 0 Å². The minimum atomic E-state index is -0.361. The zero-order valence-electron chi connectivity index (χ0n) is 9.69. The van der Waals surface area contributed by atoms with Gasteiger partial charge in [0.25, 0.3) is 0 Å². The minimum Gasteiger partial charge on any atom is -0.443 e. The van der Waals surface area contributed by atoms with Crippen LogP contribution in [0, 0.1) is 5.92 Å². The molecule has 16 heavy (non-hydrogen) atoms. The third-order valence-corrected chi connectivity index (χ3v) is 3.46. The SMILES string of the molecule is CC1CCC1(C)OC(=O)Nc1ccccc1. The normalized spacial score (nSPS) is 28.0. The molecular weight excluding hydrogens is 202 g/mol. The quantitative estimate of drug-likeness (QED) is 0.827. The largest absolute Gasteiger partial charge is 0.443 e. The molecule has 2 unspecified atom stereocenters. The van der Waals surface area contributed by atoms with Crippen molar-refractivity contribution in [1.29, 1.82) is 0 Å². The maximum atomic E-state index is 11.6. The molecule has 1 aromatic carbocycles. The van der Waals surface area contributed by atoms with Gasteiger partial charge in [0.1, 0.15) is 5.60 Å². The highest BCUT2D eigenvalue weighted by molar-refractivity contribution is 5.84. The fourth-order valence-electron chi connectivity index (χ4n) is 1.87. The van der Waals surface area contributed by atoms with E-state index < -0.39 is 0 Å². The van der Waals surface area contributed by atoms with Crippen LogP contribution in [0.4, 0.5) is 10.5 Å². The highest BCUT2D eigenvalue weighted by atomic mass is 16.6. The van der Waals surface area contributed by atoms with Crippen molar-refractivity contribution in [3.8, 4) is 0 Å². The number of anilines is 1. The smallest absolute Gasteiger partial charge is 0.412 e. The Bertz CT molecular complexity index is 377. The van der Waals surface area contributed by atoms with Crippen molar-refractivity contribution >= 4 is 11.8 Å². The molecule has 3 nitrogen and oxygen atoms in total. The lowest BCUT2D eigenvalue weighted by Gasteiger charge is -2.44. The first-order chi connectivity index (χ1) is 7.60. The van der Waals surface area contributed by atoms with Gasteiger partial charge in [-0.2, -0.15) is 0 Å². The summed E-state index contributed by atoms with van der Waals surface area (Å²) in [6, 6.07) is 9.35. The monoisotopic (exact) mass is 219 g/mol. The topological polar surface area (TPSA) is 38.3 Å². The van der Waals surface area contributed by atoms with Crippen molar-refractivity contribution in [3.05, 3.63) is 30.3 Å². The third kappa shape index (κ3) is 2.18. The van der Waals surface area contributed by atoms with Gasteiger partial charge in [0.15, 0.2) is 0 Å². The van der Waals surface area contributed by atoms with Crippen molar-refractivity contribution in [2.45, 2.75) is 32.3 Å². The van der Waals surface area contributed by atoms with Crippen LogP contribution < -0.4 is 5.32 Å². The fourth-order valence-corrected chi connectivity index (χ4v) is 1.87. The van der Waals surface area contributed by atoms with Crippen molar-refractivity contribution in [2.75, 3.05) is 5.32 Å². The summed E-state index contributed by atoms with van der Waals surface area (Å²) in [7, 11) is 0. The zero-order chi connectivity index (χ0) is 11.6. The molecular formula is C13H17NO2. The lowest BCUT2D eigenvalue weighted by Crippen LogP contribution is -2.47. The van der Waals surface area contributed by atoms with Crippen LogP contribution in [-0.4, -0.2) is 11.7 Å². The van der Waals surface area contributed by atoms with E-state index in [2.05, 4.69) is 12.2 Å². The Balaban J connectivity index is 1.90. The molecule has 0 radical (unpaired) electrons. The summed E-state index contributed by atoms with van der Waals surface area (Å²) in [4.78, 5) is 11.6. The van der Waals surface area contributed by atoms with Crippen LogP contribution in [-0.2, 0) is 4.74 Å². The fraction of sp³-hybridized carbons (Fsp3) is 0.462. The van der Waals surface area contributed by atoms with Crippen LogP contribution in [0.15, 0.2) is 30.3 Å². The second-order valence-electron chi connectivity index (χ2n) is 4.63. The molecule has 2 atom stereocenters. The lowest BCUT2D eigenvalue weighted by molar-refractivity contribution is -0.0735. The number of para-hydroxylation sites is 1. The van der Waals surface area contributed by atoms with Gasteiger partial charge < -0.3 is 4.74 Å². The Labute approximate surface area is 95.8 Å². The Morgan fingerprint density at radius 3 is 2.62 bits per heavy atom. The van der Waals surface area contributed by atoms with Crippen molar-refractivity contribution in [1.82, 2.24) is 0 Å². The van der Waals surface area contributed by atoms with E-state index in [4.69, 9.17) is 4.74 Å². The van der Waals surface area contributed by atoms with Gasteiger partial charge in [-0.1, -0.05) is 25.1 Å². The van der Waals surface area contributed by atoms with Crippen LogP contribution in [0.1, 0.15) is 26.7 Å². The van der Waals surface area contributed by atoms with Gasteiger partial charge in [-0.15, -0.1) is 0 Å². The first-order valence-corrected chi connectivity index (χ1v) is 5.65. The predicted octanol–water partition coefficient (Wildman–Crippen LogP) is 3.42. The van der Waals surface area contributed by atoms with Gasteiger partial charge in [-0.25, -0.2) is 4.79 Å². The number of benzene rings is 1. The molecule has 1 aliphatic rings. The Morgan fingerprint density at radius 1 is 1.44 bits per heavy atom. The minimum absolute atomic E-state index is 0.279. The van der Waals surface area contributed by atoms with E-state index in [1.807, 2.05) is 37.3 Å². The summed E-state index contributed by atoms with van der Waals surface area (Å²) < 4.78 is 5.44. The molecule has 0 aromatic heterocycles. The Morgan fingerprint density at radius 2 is 2.12 bits per heavy atom. The molecule has 0 saturated heterocycles. The molecule has 1 amide bonds. The summed E-state index contributed by atoms with van der Waals surface area (Å²) in [5, 5.41) is 2.73. The van der Waals surface area contributed by atoms with Crippen LogP contribution >= 0.6 is 0 Å². The molecule has 1 N–H and O–H groups in total. The second kappa shape index (κ2) is 4.16. The Kier molecular flexibility index (Phi) is 2.86. The summed E-state index contributed by atoms with van der Waals surface area (Å²) in [5.74, 6) is 0.453. The van der Waals surface area contributed by atoms with E-state index in [0.29, 0.717) is 5.92 Å². The number of hydrogen-bond acceptors (Lipinski definition) is 2. The van der Waals surface area contributed by atoms with Crippen molar-refractivity contribution < 1.29 is 9.53 Å². The zero-order valence-corrected chi connectivity index (χ0v) is 9.69. The molecule has 86 valence electrons. The van der Waals surface area contributed by atoms with E-state index in [0.717, 1.165) is 18.5 Å². The average Bonchev–Trinajstić information content (AvgIpc) is 2.28. The first-order valence-electron chi connectivity index (χ1n) is 5.65. The Hall–Kier alpha value is -1.51. The van der Waals surface area contributed by atoms with Crippen LogP contribution in [0.3, 0.4) is 0 Å². The van der Waals surface area contributed by atoms with Crippen molar-refractivity contribution in [3.63, 3.8) is 0 Å².